The Morgan fingerprint density at radius 3 is 2.32 bits per heavy atom. The van der Waals surface area contributed by atoms with Crippen LogP contribution in [0.1, 0.15) is 0 Å². The standard InChI is InChI=1S/C16H12N2O3S/c19-15-10-5-11-3-1-2-4-14(11)16(15)18-17-12-6-8-13(9-7-12)22(20)21/h1-10,19H,(H,20,21). The van der Waals surface area contributed by atoms with E-state index in [1.165, 1.54) is 12.1 Å². The first kappa shape index (κ1) is 14.4. The summed E-state index contributed by atoms with van der Waals surface area (Å²) in [7, 11) is 0. The molecule has 0 aliphatic rings. The molecule has 3 rings (SSSR count). The number of fused-ring (bicyclic) bond motifs is 1. The van der Waals surface area contributed by atoms with Gasteiger partial charge >= 0.3 is 0 Å². The van der Waals surface area contributed by atoms with Crippen LogP contribution >= 0.6 is 0 Å². The molecule has 5 nitrogen and oxygen atoms in total. The fourth-order valence-electron chi connectivity index (χ4n) is 2.09. The van der Waals surface area contributed by atoms with Crippen molar-refractivity contribution in [3.8, 4) is 5.75 Å². The predicted octanol–water partition coefficient (Wildman–Crippen LogP) is 4.54. The highest BCUT2D eigenvalue weighted by Crippen LogP contribution is 2.35. The highest BCUT2D eigenvalue weighted by Gasteiger charge is 2.06. The molecule has 1 atom stereocenters. The van der Waals surface area contributed by atoms with Crippen molar-refractivity contribution in [1.29, 1.82) is 0 Å². The molecule has 0 heterocycles. The van der Waals surface area contributed by atoms with Gasteiger partial charge in [-0.1, -0.05) is 30.3 Å². The number of phenols is 1. The molecular formula is C16H12N2O3S. The monoisotopic (exact) mass is 312 g/mol. The largest absolute Gasteiger partial charge is 0.506 e. The minimum atomic E-state index is -2.01. The molecule has 6 heteroatoms. The zero-order chi connectivity index (χ0) is 15.5. The van der Waals surface area contributed by atoms with Crippen LogP contribution in [0.15, 0.2) is 75.8 Å². The van der Waals surface area contributed by atoms with E-state index in [4.69, 9.17) is 4.55 Å². The van der Waals surface area contributed by atoms with E-state index >= 15 is 0 Å². The van der Waals surface area contributed by atoms with Crippen LogP contribution in [0.2, 0.25) is 0 Å². The van der Waals surface area contributed by atoms with Crippen molar-refractivity contribution in [3.05, 3.63) is 60.7 Å². The first-order valence-corrected chi connectivity index (χ1v) is 7.59. The summed E-state index contributed by atoms with van der Waals surface area (Å²) in [5.41, 5.74) is 0.925. The fraction of sp³-hybridized carbons (Fsp3) is 0. The fourth-order valence-corrected chi connectivity index (χ4v) is 2.45. The SMILES string of the molecule is O=S(O)c1ccc(N=Nc2c(O)ccc3ccccc23)cc1. The minimum Gasteiger partial charge on any atom is -0.506 e. The van der Waals surface area contributed by atoms with Crippen LogP contribution in [0.25, 0.3) is 10.8 Å². The summed E-state index contributed by atoms with van der Waals surface area (Å²) in [4.78, 5) is 0.298. The third-order valence-electron chi connectivity index (χ3n) is 3.18. The van der Waals surface area contributed by atoms with Gasteiger partial charge in [0.1, 0.15) is 11.4 Å². The molecule has 0 aromatic heterocycles. The number of hydrogen-bond acceptors (Lipinski definition) is 4. The van der Waals surface area contributed by atoms with Crippen LogP contribution in [0.5, 0.6) is 5.75 Å². The van der Waals surface area contributed by atoms with E-state index in [1.54, 1.807) is 18.2 Å². The van der Waals surface area contributed by atoms with Gasteiger partial charge in [0.15, 0.2) is 11.1 Å². The summed E-state index contributed by atoms with van der Waals surface area (Å²) < 4.78 is 19.9. The molecular weight excluding hydrogens is 300 g/mol. The average Bonchev–Trinajstić information content (AvgIpc) is 2.54. The quantitative estimate of drug-likeness (QED) is 0.550. The van der Waals surface area contributed by atoms with Crippen LogP contribution in [-0.2, 0) is 11.1 Å². The first-order valence-electron chi connectivity index (χ1n) is 6.48. The number of rotatable bonds is 3. The van der Waals surface area contributed by atoms with Crippen molar-refractivity contribution in [2.75, 3.05) is 0 Å². The molecule has 110 valence electrons. The molecule has 0 amide bonds. The van der Waals surface area contributed by atoms with Crippen LogP contribution < -0.4 is 0 Å². The lowest BCUT2D eigenvalue weighted by Gasteiger charge is -2.03. The van der Waals surface area contributed by atoms with Crippen molar-refractivity contribution in [2.24, 2.45) is 10.2 Å². The summed E-state index contributed by atoms with van der Waals surface area (Å²) in [6, 6.07) is 17.2. The van der Waals surface area contributed by atoms with E-state index in [0.717, 1.165) is 10.8 Å². The average molecular weight is 312 g/mol. The molecule has 0 saturated carbocycles. The minimum absolute atomic E-state index is 0.0514. The molecule has 3 aromatic rings. The van der Waals surface area contributed by atoms with Gasteiger partial charge in [0, 0.05) is 5.39 Å². The van der Waals surface area contributed by atoms with Crippen molar-refractivity contribution in [3.63, 3.8) is 0 Å². The molecule has 2 N–H and O–H groups in total. The molecule has 0 radical (unpaired) electrons. The maximum absolute atomic E-state index is 10.9. The summed E-state index contributed by atoms with van der Waals surface area (Å²) >= 11 is -2.01. The van der Waals surface area contributed by atoms with Crippen LogP contribution in [0.4, 0.5) is 11.4 Å². The predicted molar refractivity (Wildman–Crippen MR) is 85.3 cm³/mol. The van der Waals surface area contributed by atoms with Gasteiger partial charge in [-0.3, -0.25) is 0 Å². The second-order valence-corrected chi connectivity index (χ2v) is 5.57. The molecule has 22 heavy (non-hydrogen) atoms. The number of benzene rings is 3. The lowest BCUT2D eigenvalue weighted by molar-refractivity contribution is 0.477. The van der Waals surface area contributed by atoms with E-state index < -0.39 is 11.1 Å². The molecule has 3 aromatic carbocycles. The smallest absolute Gasteiger partial charge is 0.186 e. The van der Waals surface area contributed by atoms with Crippen molar-refractivity contribution >= 4 is 33.2 Å². The summed E-state index contributed by atoms with van der Waals surface area (Å²) in [5, 5.41) is 19.9. The van der Waals surface area contributed by atoms with Gasteiger partial charge in [-0.05, 0) is 35.7 Å². The Kier molecular flexibility index (Phi) is 3.95. The Hall–Kier alpha value is -2.57. The van der Waals surface area contributed by atoms with Gasteiger partial charge in [0.2, 0.25) is 0 Å². The summed E-state index contributed by atoms with van der Waals surface area (Å²) in [5.74, 6) is 0.0514. The van der Waals surface area contributed by atoms with E-state index in [-0.39, 0.29) is 5.75 Å². The van der Waals surface area contributed by atoms with Gasteiger partial charge in [-0.2, -0.15) is 5.11 Å². The van der Waals surface area contributed by atoms with Crippen LogP contribution in [0.3, 0.4) is 0 Å². The number of phenolic OH excluding ortho intramolecular Hbond substituents is 1. The molecule has 0 fully saturated rings. The Bertz CT molecular complexity index is 876. The maximum atomic E-state index is 10.9. The van der Waals surface area contributed by atoms with Crippen molar-refractivity contribution < 1.29 is 13.9 Å². The normalized spacial score (nSPS) is 12.8. The van der Waals surface area contributed by atoms with E-state index in [0.29, 0.717) is 16.3 Å². The zero-order valence-corrected chi connectivity index (χ0v) is 12.2. The lowest BCUT2D eigenvalue weighted by Crippen LogP contribution is -1.85. The summed E-state index contributed by atoms with van der Waals surface area (Å²) in [6.45, 7) is 0. The zero-order valence-electron chi connectivity index (χ0n) is 11.4. The second kappa shape index (κ2) is 6.05. The molecule has 1 unspecified atom stereocenters. The Morgan fingerprint density at radius 2 is 1.59 bits per heavy atom. The molecule has 0 bridgehead atoms. The highest BCUT2D eigenvalue weighted by atomic mass is 32.2. The van der Waals surface area contributed by atoms with Crippen LogP contribution in [0, 0.1) is 0 Å². The maximum Gasteiger partial charge on any atom is 0.186 e. The van der Waals surface area contributed by atoms with Gasteiger partial charge < -0.3 is 9.66 Å². The molecule has 0 spiro atoms. The highest BCUT2D eigenvalue weighted by molar-refractivity contribution is 7.79. The van der Waals surface area contributed by atoms with E-state index in [9.17, 15) is 9.32 Å². The number of hydrogen-bond donors (Lipinski definition) is 2. The molecule has 0 aliphatic heterocycles. The van der Waals surface area contributed by atoms with Gasteiger partial charge in [-0.15, -0.1) is 5.11 Å². The lowest BCUT2D eigenvalue weighted by atomic mass is 10.1. The van der Waals surface area contributed by atoms with Crippen molar-refractivity contribution in [2.45, 2.75) is 4.90 Å². The van der Waals surface area contributed by atoms with Gasteiger partial charge in [-0.25, -0.2) is 4.21 Å². The summed E-state index contributed by atoms with van der Waals surface area (Å²) in [6.07, 6.45) is 0. The third kappa shape index (κ3) is 2.88. The Morgan fingerprint density at radius 1 is 0.864 bits per heavy atom. The number of azo groups is 1. The number of nitrogens with zero attached hydrogens (tertiary/aromatic N) is 2. The first-order chi connectivity index (χ1) is 10.6. The third-order valence-corrected chi connectivity index (χ3v) is 3.86. The van der Waals surface area contributed by atoms with Gasteiger partial charge in [0.05, 0.1) is 10.6 Å². The molecule has 0 aliphatic carbocycles. The topological polar surface area (TPSA) is 82.2 Å². The number of aromatic hydroxyl groups is 1. The molecule has 0 saturated heterocycles. The van der Waals surface area contributed by atoms with Gasteiger partial charge in [0.25, 0.3) is 0 Å². The van der Waals surface area contributed by atoms with Crippen LogP contribution in [-0.4, -0.2) is 13.9 Å². The Balaban J connectivity index is 1.98. The Labute approximate surface area is 129 Å². The second-order valence-electron chi connectivity index (χ2n) is 4.60. The van der Waals surface area contributed by atoms with Crippen molar-refractivity contribution in [1.82, 2.24) is 0 Å². The van der Waals surface area contributed by atoms with E-state index in [1.807, 2.05) is 30.3 Å². The van der Waals surface area contributed by atoms with E-state index in [2.05, 4.69) is 10.2 Å².